The minimum absolute atomic E-state index is 0.193. The lowest BCUT2D eigenvalue weighted by molar-refractivity contribution is 0.584. The first-order valence-electron chi connectivity index (χ1n) is 6.29. The van der Waals surface area contributed by atoms with Crippen LogP contribution in [0.4, 0.5) is 0 Å². The first-order chi connectivity index (χ1) is 10.0. The molecule has 0 atom stereocenters. The Morgan fingerprint density at radius 2 is 1.71 bits per heavy atom. The maximum Gasteiger partial charge on any atom is 0.276 e. The second-order valence-corrected chi connectivity index (χ2v) is 6.69. The summed E-state index contributed by atoms with van der Waals surface area (Å²) >= 11 is 3.32. The molecule has 0 aliphatic carbocycles. The molecule has 2 aromatic carbocycles. The van der Waals surface area contributed by atoms with Crippen LogP contribution in [0.25, 0.3) is 0 Å². The van der Waals surface area contributed by atoms with Crippen LogP contribution in [0.1, 0.15) is 11.1 Å². The summed E-state index contributed by atoms with van der Waals surface area (Å²) in [6, 6.07) is 16.0. The van der Waals surface area contributed by atoms with Gasteiger partial charge in [0.2, 0.25) is 0 Å². The first-order valence-corrected chi connectivity index (χ1v) is 8.90. The van der Waals surface area contributed by atoms with Gasteiger partial charge in [-0.25, -0.2) is 0 Å². The normalized spacial score (nSPS) is 12.2. The summed E-state index contributed by atoms with van der Waals surface area (Å²) < 4.78 is 24.3. The maximum atomic E-state index is 12.2. The number of hydrogen-bond donors (Lipinski definition) is 1. The first kappa shape index (κ1) is 15.7. The lowest BCUT2D eigenvalue weighted by atomic mass is 10.1. The van der Waals surface area contributed by atoms with Crippen molar-refractivity contribution >= 4 is 31.7 Å². The van der Waals surface area contributed by atoms with Crippen LogP contribution in [0, 0.1) is 6.92 Å². The van der Waals surface area contributed by atoms with Crippen LogP contribution in [0.15, 0.2) is 64.6 Å². The highest BCUT2D eigenvalue weighted by atomic mass is 79.9. The SMILES string of the molecule is Cc1ccc(S(=O)(=O)NN=C(CBr)c2ccccc2)cc1. The van der Waals surface area contributed by atoms with Gasteiger partial charge in [-0.2, -0.15) is 18.4 Å². The molecule has 6 heteroatoms. The number of alkyl halides is 1. The number of rotatable bonds is 5. The molecule has 0 spiro atoms. The van der Waals surface area contributed by atoms with Crippen LogP contribution in [0.2, 0.25) is 0 Å². The fourth-order valence-corrected chi connectivity index (χ4v) is 2.97. The topological polar surface area (TPSA) is 58.5 Å². The predicted molar refractivity (Wildman–Crippen MR) is 88.3 cm³/mol. The average molecular weight is 367 g/mol. The predicted octanol–water partition coefficient (Wildman–Crippen LogP) is 3.07. The lowest BCUT2D eigenvalue weighted by Gasteiger charge is -2.07. The highest BCUT2D eigenvalue weighted by Gasteiger charge is 2.13. The standard InChI is InChI=1S/C15H15BrN2O2S/c1-12-7-9-14(10-8-12)21(19,20)18-17-15(11-16)13-5-3-2-4-6-13/h2-10,18H,11H2,1H3. The van der Waals surface area contributed by atoms with Gasteiger partial charge in [0.05, 0.1) is 10.6 Å². The van der Waals surface area contributed by atoms with E-state index in [1.54, 1.807) is 24.3 Å². The summed E-state index contributed by atoms with van der Waals surface area (Å²) in [5.41, 5.74) is 2.48. The zero-order valence-electron chi connectivity index (χ0n) is 11.5. The number of benzene rings is 2. The molecule has 21 heavy (non-hydrogen) atoms. The third-order valence-corrected chi connectivity index (χ3v) is 4.62. The van der Waals surface area contributed by atoms with Gasteiger partial charge in [0.15, 0.2) is 0 Å². The zero-order chi connectivity index (χ0) is 15.3. The van der Waals surface area contributed by atoms with Crippen molar-refractivity contribution in [2.24, 2.45) is 5.10 Å². The van der Waals surface area contributed by atoms with E-state index in [-0.39, 0.29) is 4.90 Å². The summed E-state index contributed by atoms with van der Waals surface area (Å²) in [5, 5.41) is 4.47. The van der Waals surface area contributed by atoms with Crippen molar-refractivity contribution in [2.45, 2.75) is 11.8 Å². The van der Waals surface area contributed by atoms with Crippen molar-refractivity contribution in [3.8, 4) is 0 Å². The van der Waals surface area contributed by atoms with Gasteiger partial charge in [0, 0.05) is 5.33 Å². The second-order valence-electron chi connectivity index (χ2n) is 4.47. The van der Waals surface area contributed by atoms with Crippen molar-refractivity contribution in [2.75, 3.05) is 5.33 Å². The fourth-order valence-electron chi connectivity index (χ4n) is 1.69. The summed E-state index contributed by atoms with van der Waals surface area (Å²) in [7, 11) is -3.65. The number of halogens is 1. The van der Waals surface area contributed by atoms with E-state index in [0.717, 1.165) is 11.1 Å². The average Bonchev–Trinajstić information content (AvgIpc) is 2.49. The molecule has 0 amide bonds. The molecule has 4 nitrogen and oxygen atoms in total. The van der Waals surface area contributed by atoms with Crippen LogP contribution in [-0.4, -0.2) is 19.5 Å². The Kier molecular flexibility index (Phi) is 5.14. The van der Waals surface area contributed by atoms with Crippen molar-refractivity contribution in [3.05, 3.63) is 65.7 Å². The van der Waals surface area contributed by atoms with Crippen molar-refractivity contribution < 1.29 is 8.42 Å². The smallest absolute Gasteiger partial charge is 0.200 e. The van der Waals surface area contributed by atoms with Gasteiger partial charge < -0.3 is 0 Å². The molecule has 0 heterocycles. The van der Waals surface area contributed by atoms with Gasteiger partial charge in [0.25, 0.3) is 10.0 Å². The van der Waals surface area contributed by atoms with Crippen LogP contribution < -0.4 is 4.83 Å². The molecule has 0 unspecified atom stereocenters. The van der Waals surface area contributed by atoms with Gasteiger partial charge >= 0.3 is 0 Å². The summed E-state index contributed by atoms with van der Waals surface area (Å²) in [5.74, 6) is 0. The van der Waals surface area contributed by atoms with E-state index in [4.69, 9.17) is 0 Å². The number of aryl methyl sites for hydroxylation is 1. The summed E-state index contributed by atoms with van der Waals surface area (Å²) in [4.78, 5) is 2.47. The monoisotopic (exact) mass is 366 g/mol. The van der Waals surface area contributed by atoms with E-state index in [2.05, 4.69) is 25.9 Å². The number of sulfonamides is 1. The molecule has 0 aromatic heterocycles. The molecule has 0 radical (unpaired) electrons. The molecular formula is C15H15BrN2O2S. The van der Waals surface area contributed by atoms with Gasteiger partial charge in [-0.1, -0.05) is 64.0 Å². The summed E-state index contributed by atoms with van der Waals surface area (Å²) in [6.45, 7) is 1.90. The Bertz CT molecular complexity index is 726. The van der Waals surface area contributed by atoms with Crippen LogP contribution >= 0.6 is 15.9 Å². The van der Waals surface area contributed by atoms with E-state index in [1.165, 1.54) is 0 Å². The quantitative estimate of drug-likeness (QED) is 0.502. The number of hydrazone groups is 1. The molecule has 2 aromatic rings. The van der Waals surface area contributed by atoms with Crippen molar-refractivity contribution in [1.29, 1.82) is 0 Å². The molecule has 0 aliphatic rings. The third kappa shape index (κ3) is 4.15. The summed E-state index contributed by atoms with van der Waals surface area (Å²) in [6.07, 6.45) is 0. The molecule has 2 rings (SSSR count). The zero-order valence-corrected chi connectivity index (χ0v) is 13.9. The molecule has 0 saturated carbocycles. The number of hydrogen-bond acceptors (Lipinski definition) is 3. The lowest BCUT2D eigenvalue weighted by Crippen LogP contribution is -2.21. The van der Waals surface area contributed by atoms with Crippen LogP contribution in [0.3, 0.4) is 0 Å². The highest BCUT2D eigenvalue weighted by molar-refractivity contribution is 9.09. The number of nitrogens with zero attached hydrogens (tertiary/aromatic N) is 1. The van der Waals surface area contributed by atoms with Crippen molar-refractivity contribution in [3.63, 3.8) is 0 Å². The number of nitrogens with one attached hydrogen (secondary N) is 1. The minimum Gasteiger partial charge on any atom is -0.200 e. The van der Waals surface area contributed by atoms with E-state index in [1.807, 2.05) is 37.3 Å². The van der Waals surface area contributed by atoms with Gasteiger partial charge in [-0.15, -0.1) is 0 Å². The van der Waals surface area contributed by atoms with E-state index in [9.17, 15) is 8.42 Å². The molecule has 0 fully saturated rings. The minimum atomic E-state index is -3.65. The third-order valence-electron chi connectivity index (χ3n) is 2.87. The Hall–Kier alpha value is -1.66. The molecule has 110 valence electrons. The maximum absolute atomic E-state index is 12.2. The Balaban J connectivity index is 2.24. The fraction of sp³-hybridized carbons (Fsp3) is 0.133. The van der Waals surface area contributed by atoms with Crippen LogP contribution in [-0.2, 0) is 10.0 Å². The van der Waals surface area contributed by atoms with E-state index < -0.39 is 10.0 Å². The van der Waals surface area contributed by atoms with E-state index >= 15 is 0 Å². The Labute approximate surface area is 133 Å². The van der Waals surface area contributed by atoms with Gasteiger partial charge in [-0.3, -0.25) is 0 Å². The molecular weight excluding hydrogens is 352 g/mol. The van der Waals surface area contributed by atoms with Crippen molar-refractivity contribution in [1.82, 2.24) is 4.83 Å². The molecule has 1 N–H and O–H groups in total. The van der Waals surface area contributed by atoms with Crippen LogP contribution in [0.5, 0.6) is 0 Å². The molecule has 0 aliphatic heterocycles. The molecule has 0 bridgehead atoms. The Morgan fingerprint density at radius 3 is 2.29 bits per heavy atom. The van der Waals surface area contributed by atoms with Gasteiger partial charge in [0.1, 0.15) is 0 Å². The largest absolute Gasteiger partial charge is 0.276 e. The van der Waals surface area contributed by atoms with E-state index in [0.29, 0.717) is 11.0 Å². The second kappa shape index (κ2) is 6.87. The Morgan fingerprint density at radius 1 is 1.10 bits per heavy atom. The highest BCUT2D eigenvalue weighted by Crippen LogP contribution is 2.10. The van der Waals surface area contributed by atoms with Gasteiger partial charge in [-0.05, 0) is 24.6 Å². The molecule has 0 saturated heterocycles.